The first-order valence-corrected chi connectivity index (χ1v) is 7.32. The summed E-state index contributed by atoms with van der Waals surface area (Å²) in [5.41, 5.74) is 1.39. The molecule has 1 amide bonds. The molecule has 1 atom stereocenters. The molecule has 21 heavy (non-hydrogen) atoms. The quantitative estimate of drug-likeness (QED) is 0.645. The highest BCUT2D eigenvalue weighted by Crippen LogP contribution is 2.22. The van der Waals surface area contributed by atoms with Crippen molar-refractivity contribution in [1.82, 2.24) is 5.32 Å². The Morgan fingerprint density at radius 3 is 2.95 bits per heavy atom. The van der Waals surface area contributed by atoms with Gasteiger partial charge in [0, 0.05) is 24.2 Å². The van der Waals surface area contributed by atoms with E-state index in [1.807, 2.05) is 0 Å². The molecule has 0 aliphatic carbocycles. The van der Waals surface area contributed by atoms with Gasteiger partial charge in [0.2, 0.25) is 5.91 Å². The summed E-state index contributed by atoms with van der Waals surface area (Å²) in [5, 5.41) is 16.8. The molecule has 1 unspecified atom stereocenters. The first-order valence-electron chi connectivity index (χ1n) is 7.32. The number of carbonyl (C=O) groups excluding carboxylic acids is 1. The fraction of sp³-hybridized carbons (Fsp3) is 0.533. The number of carbonyl (C=O) groups is 1. The van der Waals surface area contributed by atoms with Crippen LogP contribution in [0.5, 0.6) is 0 Å². The van der Waals surface area contributed by atoms with Crippen LogP contribution in [0.15, 0.2) is 18.2 Å². The molecule has 1 aliphatic rings. The van der Waals surface area contributed by atoms with Gasteiger partial charge >= 0.3 is 0 Å². The Hall–Kier alpha value is -1.95. The average molecular weight is 291 g/mol. The number of anilines is 1. The van der Waals surface area contributed by atoms with Crippen LogP contribution < -0.4 is 10.6 Å². The van der Waals surface area contributed by atoms with Gasteiger partial charge in [0.15, 0.2) is 0 Å². The van der Waals surface area contributed by atoms with Crippen LogP contribution in [0.25, 0.3) is 0 Å². The summed E-state index contributed by atoms with van der Waals surface area (Å²) < 4.78 is 0. The molecule has 0 spiro atoms. The van der Waals surface area contributed by atoms with E-state index in [1.165, 1.54) is 25.0 Å². The number of nitrogens with one attached hydrogen (secondary N) is 2. The van der Waals surface area contributed by atoms with Crippen molar-refractivity contribution in [3.05, 3.63) is 33.9 Å². The van der Waals surface area contributed by atoms with E-state index >= 15 is 0 Å². The van der Waals surface area contributed by atoms with Crippen molar-refractivity contribution in [2.24, 2.45) is 5.92 Å². The molecular weight excluding hydrogens is 270 g/mol. The van der Waals surface area contributed by atoms with Gasteiger partial charge in [0.1, 0.15) is 0 Å². The molecule has 0 radical (unpaired) electrons. The van der Waals surface area contributed by atoms with Crippen molar-refractivity contribution in [1.29, 1.82) is 0 Å². The van der Waals surface area contributed by atoms with E-state index in [2.05, 4.69) is 10.6 Å². The van der Waals surface area contributed by atoms with Gasteiger partial charge in [-0.2, -0.15) is 0 Å². The number of nitro benzene ring substituents is 1. The van der Waals surface area contributed by atoms with Gasteiger partial charge in [-0.1, -0.05) is 0 Å². The number of amides is 1. The van der Waals surface area contributed by atoms with Crippen molar-refractivity contribution in [3.8, 4) is 0 Å². The maximum Gasteiger partial charge on any atom is 0.269 e. The van der Waals surface area contributed by atoms with Crippen molar-refractivity contribution < 1.29 is 9.72 Å². The van der Waals surface area contributed by atoms with E-state index < -0.39 is 4.92 Å². The summed E-state index contributed by atoms with van der Waals surface area (Å²) in [5.74, 6) is 0.542. The zero-order chi connectivity index (χ0) is 15.2. The minimum Gasteiger partial charge on any atom is -0.326 e. The van der Waals surface area contributed by atoms with Crippen LogP contribution in [0.2, 0.25) is 0 Å². The normalized spacial score (nSPS) is 18.2. The van der Waals surface area contributed by atoms with Crippen molar-refractivity contribution in [2.75, 3.05) is 18.4 Å². The minimum absolute atomic E-state index is 0.0301. The molecule has 6 heteroatoms. The summed E-state index contributed by atoms with van der Waals surface area (Å²) in [6.45, 7) is 3.82. The van der Waals surface area contributed by atoms with E-state index in [-0.39, 0.29) is 11.6 Å². The smallest absolute Gasteiger partial charge is 0.269 e. The average Bonchev–Trinajstić information content (AvgIpc) is 2.48. The van der Waals surface area contributed by atoms with E-state index in [0.29, 0.717) is 23.6 Å². The second-order valence-corrected chi connectivity index (χ2v) is 5.56. The lowest BCUT2D eigenvalue weighted by atomic mass is 9.94. The molecule has 2 rings (SSSR count). The van der Waals surface area contributed by atoms with Crippen molar-refractivity contribution in [3.63, 3.8) is 0 Å². The molecule has 1 aliphatic heterocycles. The van der Waals surface area contributed by atoms with Crippen LogP contribution >= 0.6 is 0 Å². The number of aryl methyl sites for hydroxylation is 1. The molecule has 0 aromatic heterocycles. The molecule has 6 nitrogen and oxygen atoms in total. The Bertz CT molecular complexity index is 525. The summed E-state index contributed by atoms with van der Waals surface area (Å²) in [6.07, 6.45) is 3.72. The van der Waals surface area contributed by atoms with Crippen LogP contribution in [0.4, 0.5) is 11.4 Å². The third-order valence-corrected chi connectivity index (χ3v) is 3.87. The minimum atomic E-state index is -0.436. The molecule has 0 bridgehead atoms. The Morgan fingerprint density at radius 2 is 2.33 bits per heavy atom. The molecule has 1 aromatic carbocycles. The standard InChI is InChI=1S/C15H21N3O3/c1-11-9-13(18(20)21)5-6-14(11)17-15(19)7-4-12-3-2-8-16-10-12/h5-6,9,12,16H,2-4,7-8,10H2,1H3,(H,17,19). The predicted octanol–water partition coefficient (Wildman–Crippen LogP) is 2.62. The highest BCUT2D eigenvalue weighted by Gasteiger charge is 2.15. The highest BCUT2D eigenvalue weighted by molar-refractivity contribution is 5.91. The van der Waals surface area contributed by atoms with Gasteiger partial charge < -0.3 is 10.6 Å². The SMILES string of the molecule is Cc1cc([N+](=O)[O-])ccc1NC(=O)CCC1CCCNC1. The Labute approximate surface area is 124 Å². The summed E-state index contributed by atoms with van der Waals surface area (Å²) >= 11 is 0. The lowest BCUT2D eigenvalue weighted by molar-refractivity contribution is -0.384. The molecule has 2 N–H and O–H groups in total. The third kappa shape index (κ3) is 4.53. The number of non-ortho nitro benzene ring substituents is 1. The van der Waals surface area contributed by atoms with Crippen LogP contribution in [0.3, 0.4) is 0 Å². The number of rotatable bonds is 5. The largest absolute Gasteiger partial charge is 0.326 e. The molecule has 1 fully saturated rings. The van der Waals surface area contributed by atoms with Crippen LogP contribution in [0, 0.1) is 23.0 Å². The number of hydrogen-bond donors (Lipinski definition) is 2. The second-order valence-electron chi connectivity index (χ2n) is 5.56. The summed E-state index contributed by atoms with van der Waals surface area (Å²) in [6, 6.07) is 4.47. The van der Waals surface area contributed by atoms with Crippen LogP contribution in [-0.2, 0) is 4.79 Å². The van der Waals surface area contributed by atoms with E-state index in [0.717, 1.165) is 19.5 Å². The lowest BCUT2D eigenvalue weighted by Gasteiger charge is -2.22. The molecule has 114 valence electrons. The number of benzene rings is 1. The zero-order valence-electron chi connectivity index (χ0n) is 12.2. The van der Waals surface area contributed by atoms with Crippen LogP contribution in [0.1, 0.15) is 31.2 Å². The predicted molar refractivity (Wildman–Crippen MR) is 81.3 cm³/mol. The number of nitro groups is 1. The molecule has 1 saturated heterocycles. The van der Waals surface area contributed by atoms with E-state index in [9.17, 15) is 14.9 Å². The molecular formula is C15H21N3O3. The zero-order valence-corrected chi connectivity index (χ0v) is 12.2. The fourth-order valence-corrected chi connectivity index (χ4v) is 2.62. The summed E-state index contributed by atoms with van der Waals surface area (Å²) in [4.78, 5) is 22.2. The van der Waals surface area contributed by atoms with Gasteiger partial charge in [-0.15, -0.1) is 0 Å². The highest BCUT2D eigenvalue weighted by atomic mass is 16.6. The number of nitrogens with zero attached hydrogens (tertiary/aromatic N) is 1. The number of hydrogen-bond acceptors (Lipinski definition) is 4. The number of piperidine rings is 1. The molecule has 1 heterocycles. The van der Waals surface area contributed by atoms with Crippen molar-refractivity contribution >= 4 is 17.3 Å². The Balaban J connectivity index is 1.85. The van der Waals surface area contributed by atoms with Gasteiger partial charge in [-0.25, -0.2) is 0 Å². The maximum absolute atomic E-state index is 12.0. The first kappa shape index (κ1) is 15.4. The Morgan fingerprint density at radius 1 is 1.52 bits per heavy atom. The van der Waals surface area contributed by atoms with Gasteiger partial charge in [-0.3, -0.25) is 14.9 Å². The van der Waals surface area contributed by atoms with E-state index in [1.54, 1.807) is 13.0 Å². The molecule has 1 aromatic rings. The Kier molecular flexibility index (Phi) is 5.27. The second kappa shape index (κ2) is 7.17. The first-order chi connectivity index (χ1) is 10.1. The van der Waals surface area contributed by atoms with Crippen LogP contribution in [-0.4, -0.2) is 23.9 Å². The topological polar surface area (TPSA) is 84.3 Å². The maximum atomic E-state index is 12.0. The van der Waals surface area contributed by atoms with E-state index in [4.69, 9.17) is 0 Å². The third-order valence-electron chi connectivity index (χ3n) is 3.87. The monoisotopic (exact) mass is 291 g/mol. The van der Waals surface area contributed by atoms with Gasteiger partial charge in [0.25, 0.3) is 5.69 Å². The molecule has 0 saturated carbocycles. The van der Waals surface area contributed by atoms with Crippen molar-refractivity contribution in [2.45, 2.75) is 32.6 Å². The fourth-order valence-electron chi connectivity index (χ4n) is 2.62. The van der Waals surface area contributed by atoms with Gasteiger partial charge in [-0.05, 0) is 56.8 Å². The lowest BCUT2D eigenvalue weighted by Crippen LogP contribution is -2.30. The van der Waals surface area contributed by atoms with Gasteiger partial charge in [0.05, 0.1) is 4.92 Å². The summed E-state index contributed by atoms with van der Waals surface area (Å²) in [7, 11) is 0.